The van der Waals surface area contributed by atoms with Crippen LogP contribution in [0.15, 0.2) is 0 Å². The summed E-state index contributed by atoms with van der Waals surface area (Å²) in [6.45, 7) is 0. The minimum absolute atomic E-state index is 0.464. The highest BCUT2D eigenvalue weighted by atomic mass is 16.4. The van der Waals surface area contributed by atoms with Crippen LogP contribution in [0.4, 0.5) is 0 Å². The van der Waals surface area contributed by atoms with Gasteiger partial charge in [0.15, 0.2) is 6.10 Å². The van der Waals surface area contributed by atoms with Crippen molar-refractivity contribution in [3.8, 4) is 0 Å². The molecule has 0 saturated heterocycles. The number of carboxylic acids is 4. The molecule has 0 rings (SSSR count). The van der Waals surface area contributed by atoms with Gasteiger partial charge in [0.1, 0.15) is 0 Å². The Bertz CT molecular complexity index is 375. The summed E-state index contributed by atoms with van der Waals surface area (Å²) < 4.78 is 0. The van der Waals surface area contributed by atoms with Crippen LogP contribution in [-0.2, 0) is 19.2 Å². The van der Waals surface area contributed by atoms with Gasteiger partial charge in [0, 0.05) is 6.42 Å². The zero-order valence-electron chi connectivity index (χ0n) is 9.72. The average Bonchev–Trinajstić information content (AvgIpc) is 2.26. The van der Waals surface area contributed by atoms with Gasteiger partial charge in [-0.2, -0.15) is 0 Å². The largest absolute Gasteiger partial charge is 0.481 e. The number of carbonyl (C=O) groups is 4. The first-order valence-electron chi connectivity index (χ1n) is 5.25. The van der Waals surface area contributed by atoms with Crippen molar-refractivity contribution in [2.75, 3.05) is 0 Å². The Hall–Kier alpha value is -2.16. The molecule has 3 atom stereocenters. The summed E-state index contributed by atoms with van der Waals surface area (Å²) in [5, 5.41) is 43.7. The molecule has 0 amide bonds. The van der Waals surface area contributed by atoms with E-state index in [0.29, 0.717) is 0 Å². The topological polar surface area (TPSA) is 169 Å². The monoisotopic (exact) mass is 278 g/mol. The fourth-order valence-electron chi connectivity index (χ4n) is 1.55. The second kappa shape index (κ2) is 7.31. The van der Waals surface area contributed by atoms with Gasteiger partial charge >= 0.3 is 23.9 Å². The van der Waals surface area contributed by atoms with Crippen LogP contribution < -0.4 is 0 Å². The third-order valence-corrected chi connectivity index (χ3v) is 2.55. The molecule has 9 heteroatoms. The molecule has 3 unspecified atom stereocenters. The van der Waals surface area contributed by atoms with Crippen LogP contribution in [0.2, 0.25) is 0 Å². The molecule has 0 spiro atoms. The van der Waals surface area contributed by atoms with Gasteiger partial charge in [-0.1, -0.05) is 0 Å². The molecule has 0 heterocycles. The quantitative estimate of drug-likeness (QED) is 0.358. The number of aliphatic carboxylic acids is 4. The summed E-state index contributed by atoms with van der Waals surface area (Å²) >= 11 is 0. The molecule has 0 bridgehead atoms. The first kappa shape index (κ1) is 16.8. The Labute approximate surface area is 107 Å². The van der Waals surface area contributed by atoms with Gasteiger partial charge in [0.25, 0.3) is 0 Å². The highest BCUT2D eigenvalue weighted by Gasteiger charge is 2.36. The number of aliphatic hydroxyl groups is 1. The lowest BCUT2D eigenvalue weighted by molar-refractivity contribution is -0.159. The maximum absolute atomic E-state index is 10.9. The molecule has 0 aliphatic carbocycles. The first-order chi connectivity index (χ1) is 8.66. The summed E-state index contributed by atoms with van der Waals surface area (Å²) in [5.41, 5.74) is 0. The predicted octanol–water partition coefficient (Wildman–Crippen LogP) is -0.912. The highest BCUT2D eigenvalue weighted by molar-refractivity contribution is 5.81. The molecular formula is C10H14O9. The minimum atomic E-state index is -2.02. The van der Waals surface area contributed by atoms with E-state index in [9.17, 15) is 19.2 Å². The van der Waals surface area contributed by atoms with Crippen molar-refractivity contribution in [3.63, 3.8) is 0 Å². The Morgan fingerprint density at radius 3 is 1.58 bits per heavy atom. The number of rotatable bonds is 9. The summed E-state index contributed by atoms with van der Waals surface area (Å²) in [6, 6.07) is 0. The van der Waals surface area contributed by atoms with E-state index in [4.69, 9.17) is 25.5 Å². The average molecular weight is 278 g/mol. The molecule has 0 aromatic heterocycles. The van der Waals surface area contributed by atoms with Gasteiger partial charge in [-0.15, -0.1) is 0 Å². The molecule has 0 aliphatic rings. The maximum atomic E-state index is 10.9. The van der Waals surface area contributed by atoms with Crippen molar-refractivity contribution in [2.45, 2.75) is 25.4 Å². The van der Waals surface area contributed by atoms with Crippen LogP contribution in [0, 0.1) is 11.8 Å². The molecular weight excluding hydrogens is 264 g/mol. The zero-order chi connectivity index (χ0) is 15.2. The summed E-state index contributed by atoms with van der Waals surface area (Å²) in [5.74, 6) is -9.38. The second-order valence-corrected chi connectivity index (χ2v) is 3.91. The fourth-order valence-corrected chi connectivity index (χ4v) is 1.55. The standard InChI is InChI=1S/C10H14O9/c11-6(10(18)19)3-5(9(16)17)4(8(14)15)1-2-7(12)13/h4-6,11H,1-3H2,(H,12,13)(H,14,15)(H,16,17)(H,18,19). The lowest BCUT2D eigenvalue weighted by atomic mass is 9.84. The minimum Gasteiger partial charge on any atom is -0.481 e. The van der Waals surface area contributed by atoms with Crippen molar-refractivity contribution >= 4 is 23.9 Å². The molecule has 108 valence electrons. The number of hydrogen-bond acceptors (Lipinski definition) is 5. The predicted molar refractivity (Wildman–Crippen MR) is 57.4 cm³/mol. The Kier molecular flexibility index (Phi) is 6.48. The molecule has 0 radical (unpaired) electrons. The number of hydrogen-bond donors (Lipinski definition) is 5. The van der Waals surface area contributed by atoms with Crippen molar-refractivity contribution in [1.29, 1.82) is 0 Å². The van der Waals surface area contributed by atoms with E-state index in [1.54, 1.807) is 0 Å². The van der Waals surface area contributed by atoms with Crippen LogP contribution >= 0.6 is 0 Å². The first-order valence-corrected chi connectivity index (χ1v) is 5.25. The number of carboxylic acid groups (broad SMARTS) is 4. The van der Waals surface area contributed by atoms with Crippen LogP contribution in [0.25, 0.3) is 0 Å². The van der Waals surface area contributed by atoms with Crippen molar-refractivity contribution in [3.05, 3.63) is 0 Å². The van der Waals surface area contributed by atoms with Crippen molar-refractivity contribution < 1.29 is 44.7 Å². The second-order valence-electron chi connectivity index (χ2n) is 3.91. The van der Waals surface area contributed by atoms with Crippen molar-refractivity contribution in [1.82, 2.24) is 0 Å². The van der Waals surface area contributed by atoms with Crippen LogP contribution in [0.1, 0.15) is 19.3 Å². The molecule has 5 N–H and O–H groups in total. The maximum Gasteiger partial charge on any atom is 0.332 e. The third-order valence-electron chi connectivity index (χ3n) is 2.55. The SMILES string of the molecule is O=C(O)CCC(C(=O)O)C(CC(O)C(=O)O)C(=O)O. The molecule has 0 aromatic carbocycles. The zero-order valence-corrected chi connectivity index (χ0v) is 9.72. The third kappa shape index (κ3) is 5.82. The van der Waals surface area contributed by atoms with E-state index in [1.807, 2.05) is 0 Å². The Balaban J connectivity index is 4.96. The number of aliphatic hydroxyl groups excluding tert-OH is 1. The van der Waals surface area contributed by atoms with Gasteiger partial charge in [-0.3, -0.25) is 14.4 Å². The normalized spacial score (nSPS) is 15.2. The summed E-state index contributed by atoms with van der Waals surface area (Å²) in [7, 11) is 0. The van der Waals surface area contributed by atoms with E-state index >= 15 is 0 Å². The molecule has 0 aliphatic heterocycles. The summed E-state index contributed by atoms with van der Waals surface area (Å²) in [6.07, 6.45) is -3.85. The van der Waals surface area contributed by atoms with Crippen LogP contribution in [0.5, 0.6) is 0 Å². The molecule has 19 heavy (non-hydrogen) atoms. The molecule has 0 fully saturated rings. The summed E-state index contributed by atoms with van der Waals surface area (Å²) in [4.78, 5) is 42.7. The van der Waals surface area contributed by atoms with Gasteiger partial charge in [0.2, 0.25) is 0 Å². The van der Waals surface area contributed by atoms with E-state index in [2.05, 4.69) is 0 Å². The Morgan fingerprint density at radius 2 is 1.26 bits per heavy atom. The van der Waals surface area contributed by atoms with Crippen LogP contribution in [-0.4, -0.2) is 55.5 Å². The highest BCUT2D eigenvalue weighted by Crippen LogP contribution is 2.24. The molecule has 0 aromatic rings. The van der Waals surface area contributed by atoms with Crippen LogP contribution in [0.3, 0.4) is 0 Å². The van der Waals surface area contributed by atoms with Gasteiger partial charge in [-0.05, 0) is 12.8 Å². The van der Waals surface area contributed by atoms with Crippen molar-refractivity contribution in [2.24, 2.45) is 11.8 Å². The Morgan fingerprint density at radius 1 is 0.789 bits per heavy atom. The molecule has 0 saturated carbocycles. The van der Waals surface area contributed by atoms with E-state index in [-0.39, 0.29) is 0 Å². The van der Waals surface area contributed by atoms with Gasteiger partial charge in [-0.25, -0.2) is 4.79 Å². The van der Waals surface area contributed by atoms with E-state index in [1.165, 1.54) is 0 Å². The van der Waals surface area contributed by atoms with E-state index < -0.39 is 61.1 Å². The fraction of sp³-hybridized carbons (Fsp3) is 0.600. The molecule has 9 nitrogen and oxygen atoms in total. The lowest BCUT2D eigenvalue weighted by Crippen LogP contribution is -2.35. The van der Waals surface area contributed by atoms with E-state index in [0.717, 1.165) is 0 Å². The van der Waals surface area contributed by atoms with Gasteiger partial charge < -0.3 is 25.5 Å². The smallest absolute Gasteiger partial charge is 0.332 e. The van der Waals surface area contributed by atoms with Gasteiger partial charge in [0.05, 0.1) is 11.8 Å². The lowest BCUT2D eigenvalue weighted by Gasteiger charge is -2.20.